The first kappa shape index (κ1) is 26.0. The minimum atomic E-state index is -0.0516. The summed E-state index contributed by atoms with van der Waals surface area (Å²) < 4.78 is 5.25. The molecule has 0 unspecified atom stereocenters. The number of methoxy groups -OCH3 is 1. The first-order valence-corrected chi connectivity index (χ1v) is 10.4. The third kappa shape index (κ3) is 8.30. The maximum absolute atomic E-state index is 12.2. The third-order valence-electron chi connectivity index (χ3n) is 5.35. The minimum Gasteiger partial charge on any atom is -0.385 e. The van der Waals surface area contributed by atoms with Crippen LogP contribution >= 0.6 is 35.6 Å². The molecular weight excluding hydrogens is 503 g/mol. The molecule has 164 valence electrons. The Hall–Kier alpha value is -1.06. The molecule has 29 heavy (non-hydrogen) atoms. The monoisotopic (exact) mass is 536 g/mol. The van der Waals surface area contributed by atoms with Gasteiger partial charge in [0, 0.05) is 50.5 Å². The Labute approximate surface area is 196 Å². The van der Waals surface area contributed by atoms with Crippen molar-refractivity contribution in [2.24, 2.45) is 10.4 Å². The first-order chi connectivity index (χ1) is 13.5. The summed E-state index contributed by atoms with van der Waals surface area (Å²) in [6, 6.07) is 5.50. The second-order valence-corrected chi connectivity index (χ2v) is 7.84. The average molecular weight is 537 g/mol. The quantitative estimate of drug-likeness (QED) is 0.236. The van der Waals surface area contributed by atoms with Crippen LogP contribution in [0.4, 0.5) is 5.69 Å². The summed E-state index contributed by atoms with van der Waals surface area (Å²) in [7, 11) is 1.75. The minimum absolute atomic E-state index is 0. The molecule has 0 saturated heterocycles. The molecule has 6 nitrogen and oxygen atoms in total. The van der Waals surface area contributed by atoms with E-state index in [1.165, 1.54) is 19.3 Å². The van der Waals surface area contributed by atoms with Crippen LogP contribution in [-0.2, 0) is 9.53 Å². The van der Waals surface area contributed by atoms with Gasteiger partial charge >= 0.3 is 0 Å². The largest absolute Gasteiger partial charge is 0.385 e. The Balaban J connectivity index is 0.00000420. The van der Waals surface area contributed by atoms with Crippen LogP contribution in [0.5, 0.6) is 0 Å². The van der Waals surface area contributed by atoms with Crippen LogP contribution in [0, 0.1) is 12.3 Å². The first-order valence-electron chi connectivity index (χ1n) is 10.1. The molecule has 0 spiro atoms. The number of guanidine groups is 1. The van der Waals surface area contributed by atoms with Gasteiger partial charge < -0.3 is 20.7 Å². The van der Waals surface area contributed by atoms with Gasteiger partial charge in [-0.05, 0) is 56.2 Å². The lowest BCUT2D eigenvalue weighted by Crippen LogP contribution is -2.41. The molecule has 1 aliphatic rings. The van der Waals surface area contributed by atoms with Gasteiger partial charge in [0.1, 0.15) is 0 Å². The fourth-order valence-corrected chi connectivity index (χ4v) is 3.50. The number of anilines is 1. The number of aliphatic imine (C=N–C) groups is 1. The molecule has 8 heteroatoms. The number of benzene rings is 1. The van der Waals surface area contributed by atoms with Crippen molar-refractivity contribution in [1.82, 2.24) is 10.6 Å². The number of halogens is 2. The van der Waals surface area contributed by atoms with Crippen molar-refractivity contribution in [3.63, 3.8) is 0 Å². The molecule has 0 radical (unpaired) electrons. The fraction of sp³-hybridized carbons (Fsp3) is 0.619. The van der Waals surface area contributed by atoms with E-state index in [4.69, 9.17) is 21.3 Å². The van der Waals surface area contributed by atoms with E-state index in [0.29, 0.717) is 18.0 Å². The van der Waals surface area contributed by atoms with Crippen molar-refractivity contribution in [1.29, 1.82) is 0 Å². The van der Waals surface area contributed by atoms with E-state index in [9.17, 15) is 4.79 Å². The van der Waals surface area contributed by atoms with Gasteiger partial charge in [0.15, 0.2) is 5.96 Å². The number of hydrogen-bond acceptors (Lipinski definition) is 3. The van der Waals surface area contributed by atoms with E-state index in [-0.39, 0.29) is 35.3 Å². The van der Waals surface area contributed by atoms with Crippen LogP contribution in [-0.4, -0.2) is 45.2 Å². The molecule has 1 saturated carbocycles. The Morgan fingerprint density at radius 1 is 1.31 bits per heavy atom. The molecule has 1 aromatic rings. The van der Waals surface area contributed by atoms with Gasteiger partial charge in [-0.3, -0.25) is 9.79 Å². The van der Waals surface area contributed by atoms with E-state index in [1.807, 2.05) is 32.0 Å². The molecule has 0 heterocycles. The van der Waals surface area contributed by atoms with Gasteiger partial charge in [0.05, 0.1) is 0 Å². The smallest absolute Gasteiger partial charge is 0.226 e. The van der Waals surface area contributed by atoms with Gasteiger partial charge in [-0.25, -0.2) is 0 Å². The van der Waals surface area contributed by atoms with Crippen LogP contribution in [0.15, 0.2) is 23.2 Å². The zero-order chi connectivity index (χ0) is 20.4. The lowest BCUT2D eigenvalue weighted by atomic mass is 9.67. The summed E-state index contributed by atoms with van der Waals surface area (Å²) in [6.45, 7) is 6.80. The lowest BCUT2D eigenvalue weighted by molar-refractivity contribution is -0.116. The highest BCUT2D eigenvalue weighted by molar-refractivity contribution is 14.0. The van der Waals surface area contributed by atoms with E-state index >= 15 is 0 Å². The van der Waals surface area contributed by atoms with Gasteiger partial charge in [0.25, 0.3) is 0 Å². The molecular formula is C21H34ClIN4O2. The lowest BCUT2D eigenvalue weighted by Gasteiger charge is -2.40. The number of ether oxygens (including phenoxy) is 1. The van der Waals surface area contributed by atoms with Crippen molar-refractivity contribution in [3.05, 3.63) is 28.8 Å². The van der Waals surface area contributed by atoms with Crippen LogP contribution in [0.3, 0.4) is 0 Å². The van der Waals surface area contributed by atoms with E-state index in [2.05, 4.69) is 16.0 Å². The summed E-state index contributed by atoms with van der Waals surface area (Å²) in [5, 5.41) is 10.1. The number of rotatable bonds is 10. The summed E-state index contributed by atoms with van der Waals surface area (Å²) in [6.07, 6.45) is 5.09. The summed E-state index contributed by atoms with van der Waals surface area (Å²) in [5.74, 6) is 0.710. The number of hydrogen-bond donors (Lipinski definition) is 3. The molecule has 1 aliphatic carbocycles. The maximum Gasteiger partial charge on any atom is 0.226 e. The Morgan fingerprint density at radius 2 is 2.07 bits per heavy atom. The molecule has 2 rings (SSSR count). The van der Waals surface area contributed by atoms with Crippen LogP contribution < -0.4 is 16.0 Å². The highest BCUT2D eigenvalue weighted by Gasteiger charge is 2.36. The molecule has 1 aromatic carbocycles. The summed E-state index contributed by atoms with van der Waals surface area (Å²) >= 11 is 6.10. The third-order valence-corrected chi connectivity index (χ3v) is 5.76. The molecule has 3 N–H and O–H groups in total. The molecule has 1 fully saturated rings. The second kappa shape index (κ2) is 13.3. The van der Waals surface area contributed by atoms with Gasteiger partial charge in [-0.1, -0.05) is 24.1 Å². The fourth-order valence-electron chi connectivity index (χ4n) is 3.32. The van der Waals surface area contributed by atoms with E-state index in [1.54, 1.807) is 7.11 Å². The topological polar surface area (TPSA) is 74.8 Å². The highest BCUT2D eigenvalue weighted by atomic mass is 127. The van der Waals surface area contributed by atoms with Crippen LogP contribution in [0.25, 0.3) is 0 Å². The summed E-state index contributed by atoms with van der Waals surface area (Å²) in [5.41, 5.74) is 1.91. The zero-order valence-corrected chi connectivity index (χ0v) is 20.7. The van der Waals surface area contributed by atoms with Gasteiger partial charge in [-0.2, -0.15) is 0 Å². The number of carbonyl (C=O) groups excluding carboxylic acids is 1. The predicted molar refractivity (Wildman–Crippen MR) is 132 cm³/mol. The molecule has 0 bridgehead atoms. The van der Waals surface area contributed by atoms with E-state index < -0.39 is 0 Å². The number of nitrogens with one attached hydrogen (secondary N) is 3. The Kier molecular flexibility index (Phi) is 11.9. The maximum atomic E-state index is 12.2. The van der Waals surface area contributed by atoms with E-state index in [0.717, 1.165) is 43.3 Å². The normalized spacial score (nSPS) is 15.1. The number of carbonyl (C=O) groups is 1. The SMILES string of the molecule is CCNC(=NCC1(CCOC)CCC1)NCCC(=O)Nc1cccc(Cl)c1C.I. The van der Waals surface area contributed by atoms with Crippen molar-refractivity contribution in [2.75, 3.05) is 38.7 Å². The zero-order valence-electron chi connectivity index (χ0n) is 17.6. The number of nitrogens with zero attached hydrogens (tertiary/aromatic N) is 1. The van der Waals surface area contributed by atoms with Crippen molar-refractivity contribution < 1.29 is 9.53 Å². The van der Waals surface area contributed by atoms with Crippen LogP contribution in [0.1, 0.15) is 44.6 Å². The molecule has 0 aromatic heterocycles. The highest BCUT2D eigenvalue weighted by Crippen LogP contribution is 2.44. The average Bonchev–Trinajstić information content (AvgIpc) is 2.64. The second-order valence-electron chi connectivity index (χ2n) is 7.43. The molecule has 0 aliphatic heterocycles. The standard InChI is InChI=1S/C21H33ClN4O2.HI/c1-4-23-20(25-15-21(10-6-11-21)12-14-28-3)24-13-9-19(27)26-18-8-5-7-17(22)16(18)2;/h5,7-8H,4,6,9-15H2,1-3H3,(H,26,27)(H2,23,24,25);1H. The Bertz CT molecular complexity index is 681. The van der Waals surface area contributed by atoms with Gasteiger partial charge in [0.2, 0.25) is 5.91 Å². The van der Waals surface area contributed by atoms with Crippen molar-refractivity contribution in [2.45, 2.75) is 46.0 Å². The predicted octanol–water partition coefficient (Wildman–Crippen LogP) is 4.36. The van der Waals surface area contributed by atoms with Crippen LogP contribution in [0.2, 0.25) is 5.02 Å². The summed E-state index contributed by atoms with van der Waals surface area (Å²) in [4.78, 5) is 17.0. The Morgan fingerprint density at radius 3 is 2.69 bits per heavy atom. The molecule has 1 amide bonds. The van der Waals surface area contributed by atoms with Crippen molar-refractivity contribution in [3.8, 4) is 0 Å². The van der Waals surface area contributed by atoms with Crippen molar-refractivity contribution >= 4 is 53.1 Å². The van der Waals surface area contributed by atoms with Gasteiger partial charge in [-0.15, -0.1) is 24.0 Å². The molecule has 0 atom stereocenters. The number of amides is 1.